The highest BCUT2D eigenvalue weighted by molar-refractivity contribution is 7.09. The Labute approximate surface area is 184 Å². The van der Waals surface area contributed by atoms with Gasteiger partial charge in [-0.15, -0.1) is 16.4 Å². The number of thiazole rings is 1. The van der Waals surface area contributed by atoms with Crippen LogP contribution in [0, 0.1) is 6.92 Å². The van der Waals surface area contributed by atoms with Crippen molar-refractivity contribution >= 4 is 17.2 Å². The lowest BCUT2D eigenvalue weighted by Crippen LogP contribution is -2.26. The lowest BCUT2D eigenvalue weighted by atomic mass is 10.0. The van der Waals surface area contributed by atoms with E-state index in [0.29, 0.717) is 15.3 Å². The fourth-order valence-corrected chi connectivity index (χ4v) is 3.75. The quantitative estimate of drug-likeness (QED) is 0.472. The van der Waals surface area contributed by atoms with Crippen molar-refractivity contribution < 1.29 is 18.0 Å². The number of rotatable bonds is 5. The van der Waals surface area contributed by atoms with Crippen LogP contribution in [0.4, 0.5) is 13.2 Å². The van der Waals surface area contributed by atoms with Gasteiger partial charge >= 0.3 is 6.18 Å². The lowest BCUT2D eigenvalue weighted by molar-refractivity contribution is -0.146. The van der Waals surface area contributed by atoms with Crippen molar-refractivity contribution in [1.29, 1.82) is 0 Å². The largest absolute Gasteiger partial charge is 0.453 e. The number of nitrogens with zero attached hydrogens (tertiary/aromatic N) is 5. The summed E-state index contributed by atoms with van der Waals surface area (Å²) in [6, 6.07) is 11.5. The molecule has 1 unspecified atom stereocenters. The number of aryl methyl sites for hydroxylation is 1. The molecule has 0 bridgehead atoms. The van der Waals surface area contributed by atoms with E-state index in [4.69, 9.17) is 0 Å². The first-order chi connectivity index (χ1) is 15.2. The highest BCUT2D eigenvalue weighted by Gasteiger charge is 2.38. The SMILES string of the molecule is Cc1ccc(-c2cc(C(=O)NC(C)c3nccs3)cc(-n3nnnc3C(F)(F)F)c2)cc1. The summed E-state index contributed by atoms with van der Waals surface area (Å²) in [5.74, 6) is -1.73. The van der Waals surface area contributed by atoms with Gasteiger partial charge < -0.3 is 5.32 Å². The van der Waals surface area contributed by atoms with Crippen molar-refractivity contribution in [3.63, 3.8) is 0 Å². The number of amides is 1. The summed E-state index contributed by atoms with van der Waals surface area (Å²) in [6.45, 7) is 3.71. The highest BCUT2D eigenvalue weighted by Crippen LogP contribution is 2.31. The Kier molecular flexibility index (Phi) is 5.74. The van der Waals surface area contributed by atoms with Crippen LogP contribution in [0.25, 0.3) is 16.8 Å². The third-order valence-electron chi connectivity index (χ3n) is 4.70. The molecule has 0 aliphatic rings. The number of hydrogen-bond donors (Lipinski definition) is 1. The molecule has 4 aromatic rings. The van der Waals surface area contributed by atoms with Gasteiger partial charge in [-0.05, 0) is 53.6 Å². The van der Waals surface area contributed by atoms with Crippen LogP contribution >= 0.6 is 11.3 Å². The zero-order valence-corrected chi connectivity index (χ0v) is 17.8. The summed E-state index contributed by atoms with van der Waals surface area (Å²) in [5.41, 5.74) is 2.51. The summed E-state index contributed by atoms with van der Waals surface area (Å²) in [5, 5.41) is 15.1. The molecule has 1 atom stereocenters. The molecule has 0 fully saturated rings. The Morgan fingerprint density at radius 3 is 2.53 bits per heavy atom. The van der Waals surface area contributed by atoms with Gasteiger partial charge in [0, 0.05) is 17.1 Å². The van der Waals surface area contributed by atoms with Crippen LogP contribution in [0.1, 0.15) is 39.7 Å². The van der Waals surface area contributed by atoms with Crippen molar-refractivity contribution in [3.8, 4) is 16.8 Å². The van der Waals surface area contributed by atoms with E-state index in [9.17, 15) is 18.0 Å². The van der Waals surface area contributed by atoms with Crippen LogP contribution in [0.5, 0.6) is 0 Å². The van der Waals surface area contributed by atoms with E-state index >= 15 is 0 Å². The fraction of sp³-hybridized carbons (Fsp3) is 0.190. The maximum Gasteiger partial charge on any atom is 0.453 e. The Morgan fingerprint density at radius 2 is 1.88 bits per heavy atom. The molecular weight excluding hydrogens is 441 g/mol. The van der Waals surface area contributed by atoms with Crippen LogP contribution in [-0.4, -0.2) is 31.1 Å². The van der Waals surface area contributed by atoms with Crippen LogP contribution in [0.15, 0.2) is 54.0 Å². The van der Waals surface area contributed by atoms with Gasteiger partial charge in [0.25, 0.3) is 11.7 Å². The maximum atomic E-state index is 13.4. The molecule has 0 saturated heterocycles. The third kappa shape index (κ3) is 4.52. The number of tetrazole rings is 1. The summed E-state index contributed by atoms with van der Waals surface area (Å²) < 4.78 is 40.7. The van der Waals surface area contributed by atoms with E-state index in [1.807, 2.05) is 31.2 Å². The Hall–Kier alpha value is -3.60. The number of halogens is 3. The van der Waals surface area contributed by atoms with E-state index in [1.165, 1.54) is 23.5 Å². The first-order valence-electron chi connectivity index (χ1n) is 9.50. The minimum atomic E-state index is -4.76. The predicted octanol–water partition coefficient (Wildman–Crippen LogP) is 4.60. The van der Waals surface area contributed by atoms with Gasteiger partial charge in [-0.1, -0.05) is 29.8 Å². The van der Waals surface area contributed by atoms with Gasteiger partial charge in [-0.25, -0.2) is 4.98 Å². The van der Waals surface area contributed by atoms with Crippen molar-refractivity contribution in [2.24, 2.45) is 0 Å². The monoisotopic (exact) mass is 458 g/mol. The summed E-state index contributed by atoms with van der Waals surface area (Å²) in [6.07, 6.45) is -3.12. The average molecular weight is 458 g/mol. The second-order valence-electron chi connectivity index (χ2n) is 7.11. The van der Waals surface area contributed by atoms with Gasteiger partial charge in [-0.3, -0.25) is 4.79 Å². The minimum absolute atomic E-state index is 0.0208. The third-order valence-corrected chi connectivity index (χ3v) is 5.66. The molecule has 0 aliphatic heterocycles. The minimum Gasteiger partial charge on any atom is -0.343 e. The molecule has 164 valence electrons. The van der Waals surface area contributed by atoms with Gasteiger partial charge in [0.05, 0.1) is 11.7 Å². The molecule has 2 aromatic carbocycles. The van der Waals surface area contributed by atoms with Crippen molar-refractivity contribution in [3.05, 3.63) is 76.0 Å². The van der Waals surface area contributed by atoms with Gasteiger partial charge in [-0.2, -0.15) is 17.9 Å². The molecule has 1 amide bonds. The normalized spacial score (nSPS) is 12.5. The molecule has 0 spiro atoms. The van der Waals surface area contributed by atoms with E-state index in [0.717, 1.165) is 11.1 Å². The van der Waals surface area contributed by atoms with Crippen molar-refractivity contribution in [1.82, 2.24) is 30.5 Å². The fourth-order valence-electron chi connectivity index (χ4n) is 3.11. The van der Waals surface area contributed by atoms with Gasteiger partial charge in [0.1, 0.15) is 5.01 Å². The second kappa shape index (κ2) is 8.50. The number of aromatic nitrogens is 5. The van der Waals surface area contributed by atoms with Crippen LogP contribution in [0.2, 0.25) is 0 Å². The predicted molar refractivity (Wildman–Crippen MR) is 112 cm³/mol. The molecule has 4 rings (SSSR count). The number of carbonyl (C=O) groups excluding carboxylic acids is 1. The van der Waals surface area contributed by atoms with E-state index in [-0.39, 0.29) is 17.3 Å². The molecule has 0 saturated carbocycles. The molecule has 32 heavy (non-hydrogen) atoms. The van der Waals surface area contributed by atoms with Crippen molar-refractivity contribution in [2.75, 3.05) is 0 Å². The van der Waals surface area contributed by atoms with Gasteiger partial charge in [0.15, 0.2) is 0 Å². The van der Waals surface area contributed by atoms with Crippen LogP contribution in [-0.2, 0) is 6.18 Å². The summed E-state index contributed by atoms with van der Waals surface area (Å²) in [7, 11) is 0. The lowest BCUT2D eigenvalue weighted by Gasteiger charge is -2.14. The molecule has 0 aliphatic carbocycles. The Morgan fingerprint density at radius 1 is 1.12 bits per heavy atom. The van der Waals surface area contributed by atoms with E-state index in [2.05, 4.69) is 25.8 Å². The highest BCUT2D eigenvalue weighted by atomic mass is 32.1. The van der Waals surface area contributed by atoms with Crippen molar-refractivity contribution in [2.45, 2.75) is 26.1 Å². The Bertz CT molecular complexity index is 1240. The number of carbonyl (C=O) groups is 1. The van der Waals surface area contributed by atoms with Gasteiger partial charge in [0.2, 0.25) is 0 Å². The zero-order valence-electron chi connectivity index (χ0n) is 17.0. The molecule has 2 heterocycles. The topological polar surface area (TPSA) is 85.6 Å². The molecule has 11 heteroatoms. The van der Waals surface area contributed by atoms with Crippen LogP contribution < -0.4 is 5.32 Å². The number of alkyl halides is 3. The number of hydrogen-bond acceptors (Lipinski definition) is 6. The molecule has 2 aromatic heterocycles. The number of benzene rings is 2. The number of nitrogens with one attached hydrogen (secondary N) is 1. The van der Waals surface area contributed by atoms with E-state index < -0.39 is 17.9 Å². The average Bonchev–Trinajstić information content (AvgIpc) is 3.46. The summed E-state index contributed by atoms with van der Waals surface area (Å²) >= 11 is 1.39. The zero-order chi connectivity index (χ0) is 22.9. The second-order valence-corrected chi connectivity index (χ2v) is 8.04. The molecule has 7 nitrogen and oxygen atoms in total. The standard InChI is InChI=1S/C21H17F3N6OS/c1-12-3-5-14(6-4-12)15-9-16(18(31)26-13(2)19-25-7-8-32-19)11-17(10-15)30-20(21(22,23)24)27-28-29-30/h3-11,13H,1-2H3,(H,26,31). The molecule has 0 radical (unpaired) electrons. The first-order valence-corrected chi connectivity index (χ1v) is 10.4. The van der Waals surface area contributed by atoms with Crippen LogP contribution in [0.3, 0.4) is 0 Å². The maximum absolute atomic E-state index is 13.4. The van der Waals surface area contributed by atoms with E-state index in [1.54, 1.807) is 24.6 Å². The first kappa shape index (κ1) is 21.6. The molecular formula is C21H17F3N6OS. The smallest absolute Gasteiger partial charge is 0.343 e. The summed E-state index contributed by atoms with van der Waals surface area (Å²) in [4.78, 5) is 17.2. The molecule has 1 N–H and O–H groups in total. The Balaban J connectivity index is 1.78.